The summed E-state index contributed by atoms with van der Waals surface area (Å²) in [4.78, 5) is 1.41. The van der Waals surface area contributed by atoms with Gasteiger partial charge in [-0.2, -0.15) is 0 Å². The lowest BCUT2D eigenvalue weighted by Gasteiger charge is -2.13. The van der Waals surface area contributed by atoms with Crippen molar-refractivity contribution in [3.63, 3.8) is 0 Å². The van der Waals surface area contributed by atoms with Crippen LogP contribution in [0.1, 0.15) is 29.5 Å². The highest BCUT2D eigenvalue weighted by atomic mass is 32.1. The highest BCUT2D eigenvalue weighted by molar-refractivity contribution is 7.09. The molecule has 0 amide bonds. The van der Waals surface area contributed by atoms with Crippen LogP contribution < -0.4 is 5.73 Å². The van der Waals surface area contributed by atoms with Gasteiger partial charge in [0.25, 0.3) is 0 Å². The predicted octanol–water partition coefficient (Wildman–Crippen LogP) is 3.35. The average Bonchev–Trinajstić information content (AvgIpc) is 3.19. The van der Waals surface area contributed by atoms with Gasteiger partial charge in [-0.25, -0.2) is 4.68 Å². The quantitative estimate of drug-likeness (QED) is 0.759. The molecule has 21 heavy (non-hydrogen) atoms. The molecule has 0 radical (unpaired) electrons. The van der Waals surface area contributed by atoms with Crippen LogP contribution in [0.2, 0.25) is 0 Å². The molecule has 0 aliphatic heterocycles. The van der Waals surface area contributed by atoms with E-state index in [1.54, 1.807) is 17.5 Å². The van der Waals surface area contributed by atoms with Gasteiger partial charge in [-0.15, -0.1) is 16.4 Å². The van der Waals surface area contributed by atoms with Gasteiger partial charge in [-0.1, -0.05) is 29.5 Å². The molecule has 0 bridgehead atoms. The molecule has 1 atom stereocenters. The molecule has 5 heteroatoms. The molecule has 1 aromatic carbocycles. The second-order valence-electron chi connectivity index (χ2n) is 4.98. The molecule has 4 nitrogen and oxygen atoms in total. The van der Waals surface area contributed by atoms with E-state index in [-0.39, 0.29) is 6.04 Å². The molecule has 3 aromatic rings. The van der Waals surface area contributed by atoms with Gasteiger partial charge in [0.1, 0.15) is 0 Å². The molecular formula is C16H18N4S. The molecule has 0 aliphatic rings. The number of nitrogens with zero attached hydrogens (tertiary/aromatic N) is 3. The third kappa shape index (κ3) is 3.37. The Labute approximate surface area is 128 Å². The Hall–Kier alpha value is -1.98. The number of aryl methyl sites for hydroxylation is 1. The van der Waals surface area contributed by atoms with Crippen LogP contribution in [0, 0.1) is 0 Å². The number of hydrogen-bond donors (Lipinski definition) is 1. The van der Waals surface area contributed by atoms with Crippen LogP contribution in [0.15, 0.2) is 54.0 Å². The Morgan fingerprint density at radius 1 is 1.14 bits per heavy atom. The van der Waals surface area contributed by atoms with Gasteiger partial charge >= 0.3 is 0 Å². The van der Waals surface area contributed by atoms with Crippen molar-refractivity contribution in [2.24, 2.45) is 5.73 Å². The van der Waals surface area contributed by atoms with Gasteiger partial charge in [0.05, 0.1) is 17.6 Å². The number of rotatable bonds is 6. The Kier molecular flexibility index (Phi) is 4.43. The van der Waals surface area contributed by atoms with Gasteiger partial charge in [-0.05, 0) is 42.8 Å². The molecule has 2 N–H and O–H groups in total. The zero-order valence-electron chi connectivity index (χ0n) is 11.7. The maximum atomic E-state index is 6.32. The minimum atomic E-state index is -0.0415. The minimum Gasteiger partial charge on any atom is -0.323 e. The number of benzene rings is 1. The topological polar surface area (TPSA) is 56.7 Å². The van der Waals surface area contributed by atoms with Crippen molar-refractivity contribution in [3.05, 3.63) is 64.6 Å². The van der Waals surface area contributed by atoms with Crippen LogP contribution >= 0.6 is 11.3 Å². The second kappa shape index (κ2) is 6.65. The summed E-state index contributed by atoms with van der Waals surface area (Å²) in [5, 5.41) is 10.3. The Morgan fingerprint density at radius 3 is 2.76 bits per heavy atom. The van der Waals surface area contributed by atoms with Crippen molar-refractivity contribution in [3.8, 4) is 5.69 Å². The fourth-order valence-electron chi connectivity index (χ4n) is 2.36. The van der Waals surface area contributed by atoms with Crippen molar-refractivity contribution in [1.29, 1.82) is 0 Å². The number of hydrogen-bond acceptors (Lipinski definition) is 4. The summed E-state index contributed by atoms with van der Waals surface area (Å²) < 4.78 is 1.83. The summed E-state index contributed by atoms with van der Waals surface area (Å²) >= 11 is 1.80. The summed E-state index contributed by atoms with van der Waals surface area (Å²) in [5.41, 5.74) is 8.28. The monoisotopic (exact) mass is 298 g/mol. The highest BCUT2D eigenvalue weighted by Crippen LogP contribution is 2.20. The number of thiophene rings is 1. The van der Waals surface area contributed by atoms with E-state index in [4.69, 9.17) is 5.73 Å². The minimum absolute atomic E-state index is 0.0415. The van der Waals surface area contributed by atoms with Crippen molar-refractivity contribution in [1.82, 2.24) is 15.0 Å². The first kappa shape index (κ1) is 14.0. The van der Waals surface area contributed by atoms with Crippen LogP contribution in [0.4, 0.5) is 0 Å². The summed E-state index contributed by atoms with van der Waals surface area (Å²) in [6.45, 7) is 0. The fraction of sp³-hybridized carbons (Fsp3) is 0.250. The highest BCUT2D eigenvalue weighted by Gasteiger charge is 2.13. The molecule has 2 heterocycles. The molecule has 108 valence electrons. The van der Waals surface area contributed by atoms with Crippen LogP contribution in [-0.4, -0.2) is 15.0 Å². The Bertz CT molecular complexity index is 661. The van der Waals surface area contributed by atoms with Gasteiger partial charge in [0, 0.05) is 10.9 Å². The van der Waals surface area contributed by atoms with Gasteiger partial charge in [0.2, 0.25) is 0 Å². The molecule has 0 aliphatic carbocycles. The first-order valence-corrected chi connectivity index (χ1v) is 7.96. The normalized spacial score (nSPS) is 12.4. The van der Waals surface area contributed by atoms with Gasteiger partial charge in [0.15, 0.2) is 0 Å². The lowest BCUT2D eigenvalue weighted by atomic mass is 10.1. The van der Waals surface area contributed by atoms with E-state index in [9.17, 15) is 0 Å². The van der Waals surface area contributed by atoms with E-state index in [2.05, 4.69) is 27.8 Å². The largest absolute Gasteiger partial charge is 0.323 e. The van der Waals surface area contributed by atoms with Crippen LogP contribution in [0.3, 0.4) is 0 Å². The van der Waals surface area contributed by atoms with Crippen LogP contribution in [-0.2, 0) is 6.42 Å². The van der Waals surface area contributed by atoms with E-state index in [0.29, 0.717) is 0 Å². The van der Waals surface area contributed by atoms with E-state index in [1.807, 2.05) is 35.0 Å². The zero-order valence-corrected chi connectivity index (χ0v) is 12.5. The Morgan fingerprint density at radius 2 is 2.00 bits per heavy atom. The predicted molar refractivity (Wildman–Crippen MR) is 85.5 cm³/mol. The van der Waals surface area contributed by atoms with E-state index in [0.717, 1.165) is 30.6 Å². The van der Waals surface area contributed by atoms with Crippen molar-refractivity contribution >= 4 is 11.3 Å². The maximum absolute atomic E-state index is 6.32. The smallest absolute Gasteiger partial charge is 0.0812 e. The standard InChI is InChI=1S/C16H18N4S/c17-15(10-4-8-14-9-5-11-21-14)16-12-18-19-20(16)13-6-2-1-3-7-13/h1-3,5-7,9,11-12,15H,4,8,10,17H2. The SMILES string of the molecule is NC(CCCc1cccs1)c1cnnn1-c1ccccc1. The van der Waals surface area contributed by atoms with Crippen molar-refractivity contribution in [2.75, 3.05) is 0 Å². The molecule has 0 fully saturated rings. The summed E-state index contributed by atoms with van der Waals surface area (Å²) in [6, 6.07) is 14.2. The summed E-state index contributed by atoms with van der Waals surface area (Å²) in [6.07, 6.45) is 4.85. The number of nitrogens with two attached hydrogens (primary N) is 1. The molecule has 3 rings (SSSR count). The number of aromatic nitrogens is 3. The third-order valence-corrected chi connectivity index (χ3v) is 4.41. The maximum Gasteiger partial charge on any atom is 0.0812 e. The lowest BCUT2D eigenvalue weighted by molar-refractivity contribution is 0.579. The van der Waals surface area contributed by atoms with Gasteiger partial charge < -0.3 is 5.73 Å². The molecule has 1 unspecified atom stereocenters. The molecular weight excluding hydrogens is 280 g/mol. The molecule has 0 spiro atoms. The molecule has 2 aromatic heterocycles. The molecule has 0 saturated carbocycles. The lowest BCUT2D eigenvalue weighted by Crippen LogP contribution is -2.15. The zero-order chi connectivity index (χ0) is 14.5. The summed E-state index contributed by atoms with van der Waals surface area (Å²) in [5.74, 6) is 0. The molecule has 0 saturated heterocycles. The third-order valence-electron chi connectivity index (χ3n) is 3.47. The average molecular weight is 298 g/mol. The van der Waals surface area contributed by atoms with Crippen molar-refractivity contribution < 1.29 is 0 Å². The van der Waals surface area contributed by atoms with E-state index in [1.165, 1.54) is 4.88 Å². The fourth-order valence-corrected chi connectivity index (χ4v) is 3.12. The van der Waals surface area contributed by atoms with Crippen LogP contribution in [0.5, 0.6) is 0 Å². The first-order chi connectivity index (χ1) is 10.3. The Balaban J connectivity index is 1.65. The first-order valence-electron chi connectivity index (χ1n) is 7.08. The van der Waals surface area contributed by atoms with E-state index >= 15 is 0 Å². The summed E-state index contributed by atoms with van der Waals surface area (Å²) in [7, 11) is 0. The van der Waals surface area contributed by atoms with Gasteiger partial charge in [-0.3, -0.25) is 0 Å². The van der Waals surface area contributed by atoms with E-state index < -0.39 is 0 Å². The second-order valence-corrected chi connectivity index (χ2v) is 6.02. The van der Waals surface area contributed by atoms with Crippen LogP contribution in [0.25, 0.3) is 5.69 Å². The van der Waals surface area contributed by atoms with Crippen molar-refractivity contribution in [2.45, 2.75) is 25.3 Å². The number of para-hydroxylation sites is 1.